The number of esters is 1. The lowest BCUT2D eigenvalue weighted by molar-refractivity contribution is -0.146. The molecule has 4 heteroatoms. The number of methoxy groups -OCH3 is 1. The smallest absolute Gasteiger partial charge is 0.334 e. The normalized spacial score (nSPS) is 22.4. The Morgan fingerprint density at radius 2 is 2.19 bits per heavy atom. The van der Waals surface area contributed by atoms with Gasteiger partial charge in [-0.2, -0.15) is 5.26 Å². The molecule has 1 aromatic rings. The number of hydrogen-bond acceptors (Lipinski definition) is 4. The number of nitrogens with zero attached hydrogens (tertiary/aromatic N) is 1. The minimum Gasteiger partial charge on any atom is -0.467 e. The van der Waals surface area contributed by atoms with E-state index in [1.807, 2.05) is 0 Å². The number of rotatable bonds is 1. The van der Waals surface area contributed by atoms with Crippen LogP contribution in [-0.2, 0) is 16.0 Å². The number of ketones is 1. The van der Waals surface area contributed by atoms with Crippen LogP contribution in [0.4, 0.5) is 0 Å². The summed E-state index contributed by atoms with van der Waals surface area (Å²) in [6.45, 7) is 0. The minimum atomic E-state index is -1.68. The lowest BCUT2D eigenvalue weighted by Gasteiger charge is -2.14. The van der Waals surface area contributed by atoms with E-state index in [4.69, 9.17) is 5.26 Å². The number of carbonyl (C=O) groups is 2. The summed E-state index contributed by atoms with van der Waals surface area (Å²) in [5.41, 5.74) is -0.521. The SMILES string of the molecule is COC(=O)C1(C#N)Cc2ccccc2C1=O. The Bertz CT molecular complexity index is 515. The molecule has 1 aliphatic rings. The number of nitriles is 1. The number of Topliss-reactive ketones (excluding diaryl/α,β-unsaturated/α-hetero) is 1. The highest BCUT2D eigenvalue weighted by Crippen LogP contribution is 2.37. The second kappa shape index (κ2) is 3.46. The molecule has 0 saturated carbocycles. The zero-order valence-electron chi connectivity index (χ0n) is 8.69. The Labute approximate surface area is 92.4 Å². The number of ether oxygens (including phenoxy) is 1. The molecule has 0 saturated heterocycles. The Morgan fingerprint density at radius 3 is 2.75 bits per heavy atom. The predicted molar refractivity (Wildman–Crippen MR) is 54.5 cm³/mol. The van der Waals surface area contributed by atoms with E-state index in [1.165, 1.54) is 7.11 Å². The van der Waals surface area contributed by atoms with E-state index in [2.05, 4.69) is 4.74 Å². The molecule has 0 bridgehead atoms. The van der Waals surface area contributed by atoms with Crippen molar-refractivity contribution in [2.45, 2.75) is 6.42 Å². The van der Waals surface area contributed by atoms with Crippen molar-refractivity contribution in [2.24, 2.45) is 5.41 Å². The minimum absolute atomic E-state index is 0.102. The first kappa shape index (κ1) is 10.4. The highest BCUT2D eigenvalue weighted by atomic mass is 16.5. The van der Waals surface area contributed by atoms with Crippen LogP contribution in [0.2, 0.25) is 0 Å². The van der Waals surface area contributed by atoms with Crippen molar-refractivity contribution < 1.29 is 14.3 Å². The van der Waals surface area contributed by atoms with Gasteiger partial charge in [0.25, 0.3) is 0 Å². The van der Waals surface area contributed by atoms with Gasteiger partial charge in [0.1, 0.15) is 0 Å². The van der Waals surface area contributed by atoms with Crippen LogP contribution in [0.3, 0.4) is 0 Å². The maximum Gasteiger partial charge on any atom is 0.334 e. The highest BCUT2D eigenvalue weighted by Gasteiger charge is 2.53. The van der Waals surface area contributed by atoms with Crippen LogP contribution < -0.4 is 0 Å². The molecule has 0 fully saturated rings. The van der Waals surface area contributed by atoms with Gasteiger partial charge in [0, 0.05) is 12.0 Å². The van der Waals surface area contributed by atoms with Gasteiger partial charge in [-0.05, 0) is 5.56 Å². The first-order chi connectivity index (χ1) is 7.65. The second-order valence-corrected chi connectivity index (χ2v) is 3.67. The Balaban J connectivity index is 2.55. The van der Waals surface area contributed by atoms with Gasteiger partial charge in [-0.1, -0.05) is 24.3 Å². The summed E-state index contributed by atoms with van der Waals surface area (Å²) in [5, 5.41) is 9.09. The fraction of sp³-hybridized carbons (Fsp3) is 0.250. The van der Waals surface area contributed by atoms with Crippen molar-refractivity contribution in [3.05, 3.63) is 35.4 Å². The third-order valence-electron chi connectivity index (χ3n) is 2.83. The summed E-state index contributed by atoms with van der Waals surface area (Å²) in [5.74, 6) is -1.24. The maximum atomic E-state index is 12.0. The maximum absolute atomic E-state index is 12.0. The van der Waals surface area contributed by atoms with E-state index in [0.29, 0.717) is 5.56 Å². The molecule has 0 amide bonds. The molecular formula is C12H9NO3. The summed E-state index contributed by atoms with van der Waals surface area (Å²) in [6, 6.07) is 8.66. The fourth-order valence-corrected chi connectivity index (χ4v) is 1.97. The van der Waals surface area contributed by atoms with E-state index in [0.717, 1.165) is 5.56 Å². The largest absolute Gasteiger partial charge is 0.467 e. The van der Waals surface area contributed by atoms with Gasteiger partial charge < -0.3 is 4.74 Å². The summed E-state index contributed by atoms with van der Waals surface area (Å²) in [4.78, 5) is 23.6. The summed E-state index contributed by atoms with van der Waals surface area (Å²) >= 11 is 0. The average Bonchev–Trinajstić information content (AvgIpc) is 2.63. The van der Waals surface area contributed by atoms with Crippen molar-refractivity contribution in [3.8, 4) is 6.07 Å². The molecule has 1 aromatic carbocycles. The van der Waals surface area contributed by atoms with Gasteiger partial charge in [-0.15, -0.1) is 0 Å². The Hall–Kier alpha value is -2.15. The molecule has 0 N–H and O–H groups in total. The molecule has 0 aromatic heterocycles. The molecule has 4 nitrogen and oxygen atoms in total. The number of hydrogen-bond donors (Lipinski definition) is 0. The molecule has 0 heterocycles. The summed E-state index contributed by atoms with van der Waals surface area (Å²) < 4.78 is 4.55. The van der Waals surface area contributed by atoms with Crippen LogP contribution >= 0.6 is 0 Å². The van der Waals surface area contributed by atoms with E-state index < -0.39 is 17.2 Å². The van der Waals surface area contributed by atoms with E-state index in [-0.39, 0.29) is 6.42 Å². The van der Waals surface area contributed by atoms with Gasteiger partial charge in [0.15, 0.2) is 5.78 Å². The zero-order valence-corrected chi connectivity index (χ0v) is 8.69. The van der Waals surface area contributed by atoms with Crippen molar-refractivity contribution in [1.82, 2.24) is 0 Å². The molecule has 0 radical (unpaired) electrons. The summed E-state index contributed by atoms with van der Waals surface area (Å²) in [7, 11) is 1.18. The Morgan fingerprint density at radius 1 is 1.50 bits per heavy atom. The van der Waals surface area contributed by atoms with Crippen LogP contribution in [0.25, 0.3) is 0 Å². The van der Waals surface area contributed by atoms with Gasteiger partial charge in [-0.3, -0.25) is 4.79 Å². The molecule has 0 aliphatic heterocycles. The van der Waals surface area contributed by atoms with Crippen molar-refractivity contribution in [3.63, 3.8) is 0 Å². The second-order valence-electron chi connectivity index (χ2n) is 3.67. The monoisotopic (exact) mass is 215 g/mol. The first-order valence-corrected chi connectivity index (χ1v) is 4.78. The summed E-state index contributed by atoms with van der Waals surface area (Å²) in [6.07, 6.45) is 0.102. The van der Waals surface area contributed by atoms with Gasteiger partial charge >= 0.3 is 5.97 Å². The van der Waals surface area contributed by atoms with E-state index in [1.54, 1.807) is 30.3 Å². The molecule has 80 valence electrons. The Kier molecular flexibility index (Phi) is 2.24. The van der Waals surface area contributed by atoms with Crippen LogP contribution in [0, 0.1) is 16.7 Å². The lowest BCUT2D eigenvalue weighted by atomic mass is 9.85. The molecular weight excluding hydrogens is 206 g/mol. The van der Waals surface area contributed by atoms with Crippen LogP contribution in [-0.4, -0.2) is 18.9 Å². The molecule has 1 aliphatic carbocycles. The van der Waals surface area contributed by atoms with Crippen LogP contribution in [0.1, 0.15) is 15.9 Å². The first-order valence-electron chi connectivity index (χ1n) is 4.78. The van der Waals surface area contributed by atoms with Gasteiger partial charge in [0.2, 0.25) is 5.41 Å². The fourth-order valence-electron chi connectivity index (χ4n) is 1.97. The van der Waals surface area contributed by atoms with Crippen LogP contribution in [0.5, 0.6) is 0 Å². The standard InChI is InChI=1S/C12H9NO3/c1-16-11(15)12(7-13)6-8-4-2-3-5-9(8)10(12)14/h2-5H,6H2,1H3. The molecule has 16 heavy (non-hydrogen) atoms. The number of carbonyl (C=O) groups excluding carboxylic acids is 2. The zero-order chi connectivity index (χ0) is 11.8. The third-order valence-corrected chi connectivity index (χ3v) is 2.83. The molecule has 0 spiro atoms. The topological polar surface area (TPSA) is 67.2 Å². The van der Waals surface area contributed by atoms with Gasteiger partial charge in [-0.25, -0.2) is 4.79 Å². The van der Waals surface area contributed by atoms with E-state index >= 15 is 0 Å². The lowest BCUT2D eigenvalue weighted by Crippen LogP contribution is -2.36. The average molecular weight is 215 g/mol. The molecule has 1 unspecified atom stereocenters. The predicted octanol–water partition coefficient (Wildman–Crippen LogP) is 1.11. The van der Waals surface area contributed by atoms with Crippen molar-refractivity contribution in [2.75, 3.05) is 7.11 Å². The quantitative estimate of drug-likeness (QED) is 0.519. The highest BCUT2D eigenvalue weighted by molar-refractivity contribution is 6.18. The van der Waals surface area contributed by atoms with E-state index in [9.17, 15) is 9.59 Å². The number of benzene rings is 1. The van der Waals surface area contributed by atoms with Crippen molar-refractivity contribution >= 4 is 11.8 Å². The van der Waals surface area contributed by atoms with Crippen molar-refractivity contribution in [1.29, 1.82) is 5.26 Å². The van der Waals surface area contributed by atoms with Crippen LogP contribution in [0.15, 0.2) is 24.3 Å². The van der Waals surface area contributed by atoms with Gasteiger partial charge in [0.05, 0.1) is 13.2 Å². The number of fused-ring (bicyclic) bond motifs is 1. The molecule has 2 rings (SSSR count). The third kappa shape index (κ3) is 1.15. The molecule has 1 atom stereocenters.